The van der Waals surface area contributed by atoms with Crippen LogP contribution in [-0.2, 0) is 18.9 Å². The minimum Gasteiger partial charge on any atom is -0.459 e. The third kappa shape index (κ3) is 6.50. The van der Waals surface area contributed by atoms with E-state index >= 15 is 0 Å². The smallest absolute Gasteiger partial charge is 0.338 e. The van der Waals surface area contributed by atoms with Gasteiger partial charge in [-0.3, -0.25) is 14.3 Å². The van der Waals surface area contributed by atoms with Gasteiger partial charge in [-0.15, -0.1) is 0 Å². The van der Waals surface area contributed by atoms with Crippen molar-refractivity contribution in [2.24, 2.45) is 0 Å². The molecule has 214 valence electrons. The molecule has 4 atom stereocenters. The van der Waals surface area contributed by atoms with Crippen molar-refractivity contribution in [3.63, 3.8) is 0 Å². The maximum Gasteiger partial charge on any atom is 0.338 e. The van der Waals surface area contributed by atoms with E-state index in [4.69, 9.17) is 18.9 Å². The Hall–Kier alpha value is -4.56. The van der Waals surface area contributed by atoms with Gasteiger partial charge in [0.1, 0.15) is 12.7 Å². The quantitative estimate of drug-likeness (QED) is 0.168. The molecule has 1 aliphatic heterocycles. The van der Waals surface area contributed by atoms with E-state index in [2.05, 4.69) is 4.98 Å². The standard InChI is InChI=1S/C30H23IN2O9/c31-21-16-33(30(38)32-25(21)34)26-24(42-29(37)20-14-8-3-9-15-20)23(41-28(36)19-12-6-2-7-13-19)22(40-26)17-39-27(35)18-10-4-1-5-11-18/h1-16,22-24,26H,17H2,(H,32,34,38)/t22-,23-,24+,26-/m0/s1. The minimum atomic E-state index is -1.38. The summed E-state index contributed by atoms with van der Waals surface area (Å²) in [5.41, 5.74) is -0.769. The van der Waals surface area contributed by atoms with Gasteiger partial charge in [0.05, 0.1) is 20.3 Å². The van der Waals surface area contributed by atoms with E-state index < -0.39 is 60.3 Å². The maximum atomic E-state index is 13.2. The molecule has 12 heteroatoms. The Morgan fingerprint density at radius 2 is 1.21 bits per heavy atom. The van der Waals surface area contributed by atoms with Gasteiger partial charge in [0.15, 0.2) is 18.4 Å². The summed E-state index contributed by atoms with van der Waals surface area (Å²) in [6.45, 7) is -0.411. The van der Waals surface area contributed by atoms with Crippen LogP contribution in [0.1, 0.15) is 37.3 Å². The van der Waals surface area contributed by atoms with E-state index in [1.165, 1.54) is 18.3 Å². The summed E-state index contributed by atoms with van der Waals surface area (Å²) in [6, 6.07) is 24.4. The fourth-order valence-corrected chi connectivity index (χ4v) is 4.77. The van der Waals surface area contributed by atoms with Crippen LogP contribution in [0.4, 0.5) is 0 Å². The number of nitrogens with one attached hydrogen (secondary N) is 1. The van der Waals surface area contributed by atoms with Gasteiger partial charge in [-0.25, -0.2) is 19.2 Å². The molecule has 0 aliphatic carbocycles. The number of hydrogen-bond acceptors (Lipinski definition) is 9. The number of rotatable bonds is 8. The second-order valence-corrected chi connectivity index (χ2v) is 10.3. The number of carbonyl (C=O) groups excluding carboxylic acids is 3. The van der Waals surface area contributed by atoms with Crippen LogP contribution in [0.25, 0.3) is 0 Å². The summed E-state index contributed by atoms with van der Waals surface area (Å²) in [5, 5.41) is 0. The van der Waals surface area contributed by atoms with E-state index in [0.29, 0.717) is 0 Å². The Morgan fingerprint density at radius 1 is 0.738 bits per heavy atom. The molecule has 0 saturated carbocycles. The lowest BCUT2D eigenvalue weighted by molar-refractivity contribution is -0.0641. The lowest BCUT2D eigenvalue weighted by Crippen LogP contribution is -2.43. The Balaban J connectivity index is 1.52. The number of aromatic amines is 1. The van der Waals surface area contributed by atoms with Crippen LogP contribution in [0.3, 0.4) is 0 Å². The number of hydrogen-bond donors (Lipinski definition) is 1. The third-order valence-corrected chi connectivity index (χ3v) is 7.15. The molecule has 42 heavy (non-hydrogen) atoms. The average molecular weight is 682 g/mol. The molecule has 0 radical (unpaired) electrons. The van der Waals surface area contributed by atoms with Crippen LogP contribution in [0.15, 0.2) is 107 Å². The molecule has 1 fully saturated rings. The molecule has 4 aromatic rings. The summed E-state index contributed by atoms with van der Waals surface area (Å²) < 4.78 is 24.4. The topological polar surface area (TPSA) is 143 Å². The van der Waals surface area contributed by atoms with Gasteiger partial charge >= 0.3 is 23.6 Å². The fraction of sp³-hybridized carbons (Fsp3) is 0.167. The largest absolute Gasteiger partial charge is 0.459 e. The average Bonchev–Trinajstić information content (AvgIpc) is 3.34. The molecule has 1 aromatic heterocycles. The molecule has 1 N–H and O–H groups in total. The molecule has 1 saturated heterocycles. The van der Waals surface area contributed by atoms with Crippen molar-refractivity contribution in [1.82, 2.24) is 9.55 Å². The number of aromatic nitrogens is 2. The van der Waals surface area contributed by atoms with Gasteiger partial charge in [-0.1, -0.05) is 54.6 Å². The summed E-state index contributed by atoms with van der Waals surface area (Å²) in [7, 11) is 0. The zero-order valence-corrected chi connectivity index (χ0v) is 23.9. The summed E-state index contributed by atoms with van der Waals surface area (Å²) in [6.07, 6.45) is -3.99. The highest BCUT2D eigenvalue weighted by Gasteiger charge is 2.51. The van der Waals surface area contributed by atoms with Crippen molar-refractivity contribution in [2.45, 2.75) is 24.5 Å². The van der Waals surface area contributed by atoms with E-state index in [9.17, 15) is 24.0 Å². The van der Waals surface area contributed by atoms with Crippen molar-refractivity contribution in [1.29, 1.82) is 0 Å². The van der Waals surface area contributed by atoms with Gasteiger partial charge in [0.25, 0.3) is 5.56 Å². The van der Waals surface area contributed by atoms with Crippen LogP contribution >= 0.6 is 22.6 Å². The molecule has 0 amide bonds. The van der Waals surface area contributed by atoms with Crippen molar-refractivity contribution in [2.75, 3.05) is 6.61 Å². The minimum absolute atomic E-state index is 0.153. The summed E-state index contributed by atoms with van der Waals surface area (Å²) in [4.78, 5) is 66.2. The van der Waals surface area contributed by atoms with Gasteiger partial charge in [0.2, 0.25) is 0 Å². The predicted octanol–water partition coefficient (Wildman–Crippen LogP) is 3.35. The molecule has 0 bridgehead atoms. The zero-order valence-electron chi connectivity index (χ0n) is 21.8. The Kier molecular flexibility index (Phi) is 8.93. The predicted molar refractivity (Wildman–Crippen MR) is 156 cm³/mol. The Bertz CT molecular complexity index is 1690. The molecule has 1 aliphatic rings. The van der Waals surface area contributed by atoms with Crippen molar-refractivity contribution < 1.29 is 33.3 Å². The van der Waals surface area contributed by atoms with Crippen LogP contribution in [0.2, 0.25) is 0 Å². The number of ether oxygens (including phenoxy) is 4. The Labute approximate surface area is 252 Å². The first kappa shape index (κ1) is 29.0. The molecule has 2 heterocycles. The van der Waals surface area contributed by atoms with Gasteiger partial charge in [-0.05, 0) is 59.0 Å². The van der Waals surface area contributed by atoms with Crippen LogP contribution in [0.5, 0.6) is 0 Å². The van der Waals surface area contributed by atoms with Crippen molar-refractivity contribution in [3.05, 3.63) is 138 Å². The van der Waals surface area contributed by atoms with Crippen LogP contribution in [0, 0.1) is 3.57 Å². The number of H-pyrrole nitrogens is 1. The Morgan fingerprint density at radius 3 is 1.74 bits per heavy atom. The number of halogens is 1. The number of carbonyl (C=O) groups is 3. The number of esters is 3. The fourth-order valence-electron chi connectivity index (χ4n) is 4.33. The lowest BCUT2D eigenvalue weighted by atomic mass is 10.1. The van der Waals surface area contributed by atoms with Crippen molar-refractivity contribution >= 4 is 40.5 Å². The lowest BCUT2D eigenvalue weighted by Gasteiger charge is -2.25. The molecule has 11 nitrogen and oxygen atoms in total. The van der Waals surface area contributed by atoms with E-state index in [-0.39, 0.29) is 20.3 Å². The van der Waals surface area contributed by atoms with Gasteiger partial charge in [-0.2, -0.15) is 0 Å². The molecular formula is C30H23IN2O9. The monoisotopic (exact) mass is 682 g/mol. The van der Waals surface area contributed by atoms with E-state index in [1.54, 1.807) is 101 Å². The van der Waals surface area contributed by atoms with E-state index in [0.717, 1.165) is 4.57 Å². The third-order valence-electron chi connectivity index (χ3n) is 6.38. The first-order valence-corrected chi connectivity index (χ1v) is 13.8. The molecule has 3 aromatic carbocycles. The SMILES string of the molecule is O=C(OC[C@@H]1O[C@H](n2cc(I)c(=O)[nH]c2=O)[C@H](OC(=O)c2ccccc2)[C@H]1OC(=O)c1ccccc1)c1ccccc1. The zero-order chi connectivity index (χ0) is 29.6. The van der Waals surface area contributed by atoms with Crippen LogP contribution in [-0.4, -0.2) is 52.4 Å². The first-order valence-electron chi connectivity index (χ1n) is 12.7. The maximum absolute atomic E-state index is 13.2. The van der Waals surface area contributed by atoms with Crippen LogP contribution < -0.4 is 11.2 Å². The molecule has 0 spiro atoms. The van der Waals surface area contributed by atoms with Crippen molar-refractivity contribution in [3.8, 4) is 0 Å². The second kappa shape index (κ2) is 13.0. The van der Waals surface area contributed by atoms with E-state index in [1.807, 2.05) is 0 Å². The normalized spacial score (nSPS) is 19.5. The molecule has 5 rings (SSSR count). The summed E-state index contributed by atoms with van der Waals surface area (Å²) in [5.74, 6) is -2.19. The highest BCUT2D eigenvalue weighted by molar-refractivity contribution is 14.1. The molecular weight excluding hydrogens is 659 g/mol. The van der Waals surface area contributed by atoms with Gasteiger partial charge in [0, 0.05) is 6.20 Å². The van der Waals surface area contributed by atoms with Gasteiger partial charge < -0.3 is 18.9 Å². The highest BCUT2D eigenvalue weighted by Crippen LogP contribution is 2.35. The number of nitrogens with zero attached hydrogens (tertiary/aromatic N) is 1. The second-order valence-electron chi connectivity index (χ2n) is 9.15. The molecule has 0 unspecified atom stereocenters. The number of benzene rings is 3. The summed E-state index contributed by atoms with van der Waals surface area (Å²) >= 11 is 1.74. The highest BCUT2D eigenvalue weighted by atomic mass is 127. The first-order chi connectivity index (χ1) is 20.3.